The SMILES string of the molecule is C=C(c1cnc(C)[nH]1)N1CCN(C)C(C)(C)C1.Cc1ccc(-c2cc(C(C)(C)C)c3nc(C=O)cn3n2)cc1. The summed E-state index contributed by atoms with van der Waals surface area (Å²) in [4.78, 5) is 27.6. The highest BCUT2D eigenvalue weighted by molar-refractivity contribution is 5.74. The zero-order valence-electron chi connectivity index (χ0n) is 24.5. The van der Waals surface area contributed by atoms with Gasteiger partial charge >= 0.3 is 0 Å². The normalized spacial score (nSPS) is 15.6. The van der Waals surface area contributed by atoms with Crippen molar-refractivity contribution in [2.24, 2.45) is 0 Å². The highest BCUT2D eigenvalue weighted by Crippen LogP contribution is 2.30. The van der Waals surface area contributed by atoms with Crippen molar-refractivity contribution in [3.63, 3.8) is 0 Å². The summed E-state index contributed by atoms with van der Waals surface area (Å²) >= 11 is 0. The Hall–Kier alpha value is -3.78. The van der Waals surface area contributed by atoms with Crippen LogP contribution in [0.2, 0.25) is 0 Å². The van der Waals surface area contributed by atoms with Gasteiger partial charge < -0.3 is 9.88 Å². The molecule has 4 heterocycles. The van der Waals surface area contributed by atoms with Gasteiger partial charge in [0, 0.05) is 36.3 Å². The maximum atomic E-state index is 11.0. The van der Waals surface area contributed by atoms with Gasteiger partial charge in [0.05, 0.1) is 29.5 Å². The first-order valence-corrected chi connectivity index (χ1v) is 13.4. The van der Waals surface area contributed by atoms with Crippen LogP contribution in [0.25, 0.3) is 22.6 Å². The van der Waals surface area contributed by atoms with Crippen LogP contribution < -0.4 is 0 Å². The maximum Gasteiger partial charge on any atom is 0.170 e. The number of piperazine rings is 1. The smallest absolute Gasteiger partial charge is 0.170 e. The van der Waals surface area contributed by atoms with Crippen molar-refractivity contribution in [2.75, 3.05) is 26.7 Å². The van der Waals surface area contributed by atoms with E-state index in [1.54, 1.807) is 10.7 Å². The number of aromatic amines is 1. The van der Waals surface area contributed by atoms with E-state index < -0.39 is 0 Å². The van der Waals surface area contributed by atoms with Crippen LogP contribution in [0.4, 0.5) is 0 Å². The molecule has 0 saturated carbocycles. The number of nitrogens with one attached hydrogen (secondary N) is 1. The Kier molecular flexibility index (Phi) is 7.80. The molecule has 39 heavy (non-hydrogen) atoms. The molecule has 1 aliphatic rings. The Morgan fingerprint density at radius 2 is 1.82 bits per heavy atom. The van der Waals surface area contributed by atoms with Crippen LogP contribution in [0.15, 0.2) is 49.3 Å². The van der Waals surface area contributed by atoms with Gasteiger partial charge in [-0.25, -0.2) is 14.5 Å². The summed E-state index contributed by atoms with van der Waals surface area (Å²) in [6.07, 6.45) is 4.30. The molecular formula is C31H41N7O. The molecule has 3 aromatic heterocycles. The van der Waals surface area contributed by atoms with Crippen LogP contribution in [0.1, 0.15) is 67.8 Å². The van der Waals surface area contributed by atoms with Crippen LogP contribution >= 0.6 is 0 Å². The predicted octanol–water partition coefficient (Wildman–Crippen LogP) is 5.53. The van der Waals surface area contributed by atoms with Gasteiger partial charge in [-0.15, -0.1) is 0 Å². The number of benzene rings is 1. The summed E-state index contributed by atoms with van der Waals surface area (Å²) in [5.74, 6) is 0.939. The first kappa shape index (κ1) is 28.2. The topological polar surface area (TPSA) is 82.4 Å². The third-order valence-corrected chi connectivity index (χ3v) is 7.43. The van der Waals surface area contributed by atoms with E-state index in [1.165, 1.54) is 5.56 Å². The van der Waals surface area contributed by atoms with Crippen LogP contribution in [-0.2, 0) is 5.41 Å². The number of imidazole rings is 2. The molecule has 0 bridgehead atoms. The quantitative estimate of drug-likeness (QED) is 0.352. The monoisotopic (exact) mass is 527 g/mol. The highest BCUT2D eigenvalue weighted by Gasteiger charge is 2.32. The van der Waals surface area contributed by atoms with Gasteiger partial charge in [0.2, 0.25) is 0 Å². The minimum atomic E-state index is -0.0882. The summed E-state index contributed by atoms with van der Waals surface area (Å²) in [5, 5.41) is 4.61. The van der Waals surface area contributed by atoms with Crippen LogP contribution in [0.5, 0.6) is 0 Å². The second-order valence-electron chi connectivity index (χ2n) is 12.1. The van der Waals surface area contributed by atoms with E-state index in [1.807, 2.05) is 13.1 Å². The number of fused-ring (bicyclic) bond motifs is 1. The average Bonchev–Trinajstić information content (AvgIpc) is 3.50. The molecule has 5 rings (SSSR count). The average molecular weight is 528 g/mol. The lowest BCUT2D eigenvalue weighted by molar-refractivity contribution is 0.0697. The number of aryl methyl sites for hydroxylation is 2. The maximum absolute atomic E-state index is 11.0. The molecular weight excluding hydrogens is 486 g/mol. The van der Waals surface area contributed by atoms with Crippen molar-refractivity contribution in [2.45, 2.75) is 59.4 Å². The van der Waals surface area contributed by atoms with E-state index in [9.17, 15) is 4.79 Å². The van der Waals surface area contributed by atoms with E-state index in [0.29, 0.717) is 5.69 Å². The molecule has 0 spiro atoms. The van der Waals surface area contributed by atoms with Gasteiger partial charge in [-0.05, 0) is 46.2 Å². The minimum absolute atomic E-state index is 0.0882. The van der Waals surface area contributed by atoms with Gasteiger partial charge in [-0.3, -0.25) is 9.69 Å². The van der Waals surface area contributed by atoms with Crippen LogP contribution in [0.3, 0.4) is 0 Å². The number of carbonyl (C=O) groups is 1. The van der Waals surface area contributed by atoms with E-state index >= 15 is 0 Å². The molecule has 0 atom stereocenters. The number of rotatable bonds is 4. The standard InChI is InChI=1S/C18H19N3O.C13H22N4/c1-12-5-7-13(8-6-12)16-9-15(18(2,3)4)17-19-14(11-22)10-21(17)20-16;1-10(12-8-14-11(2)15-12)17-7-6-16(5)13(3,4)9-17/h5-11H,1-4H3;8H,1,6-7,9H2,2-5H3,(H,14,15). The van der Waals surface area contributed by atoms with E-state index in [2.05, 4.69) is 115 Å². The fourth-order valence-corrected chi connectivity index (χ4v) is 4.68. The molecule has 1 fully saturated rings. The number of nitrogens with zero attached hydrogens (tertiary/aromatic N) is 6. The second kappa shape index (κ2) is 10.8. The number of likely N-dealkylation sites (N-methyl/N-ethyl adjacent to an activating group) is 1. The van der Waals surface area contributed by atoms with E-state index in [-0.39, 0.29) is 11.0 Å². The van der Waals surface area contributed by atoms with Gasteiger partial charge in [0.1, 0.15) is 11.5 Å². The lowest BCUT2D eigenvalue weighted by Crippen LogP contribution is -2.56. The summed E-state index contributed by atoms with van der Waals surface area (Å²) in [6, 6.07) is 10.3. The summed E-state index contributed by atoms with van der Waals surface area (Å²) in [6.45, 7) is 22.3. The van der Waals surface area contributed by atoms with Crippen molar-refractivity contribution in [1.29, 1.82) is 0 Å². The molecule has 0 unspecified atom stereocenters. The Morgan fingerprint density at radius 1 is 1.13 bits per heavy atom. The lowest BCUT2D eigenvalue weighted by Gasteiger charge is -2.46. The number of carbonyl (C=O) groups excluding carboxylic acids is 1. The first-order chi connectivity index (χ1) is 18.3. The molecule has 1 saturated heterocycles. The molecule has 0 amide bonds. The molecule has 4 aromatic rings. The zero-order valence-corrected chi connectivity index (χ0v) is 24.5. The number of aldehydes is 1. The van der Waals surface area contributed by atoms with Crippen molar-refractivity contribution < 1.29 is 4.79 Å². The molecule has 0 aliphatic carbocycles. The van der Waals surface area contributed by atoms with Crippen molar-refractivity contribution >= 4 is 17.6 Å². The molecule has 8 heteroatoms. The van der Waals surface area contributed by atoms with Crippen molar-refractivity contribution in [1.82, 2.24) is 34.4 Å². The summed E-state index contributed by atoms with van der Waals surface area (Å²) < 4.78 is 1.71. The minimum Gasteiger partial charge on any atom is -0.367 e. The molecule has 1 aromatic carbocycles. The molecule has 1 aliphatic heterocycles. The number of aromatic nitrogens is 5. The van der Waals surface area contributed by atoms with Crippen molar-refractivity contribution in [3.8, 4) is 11.3 Å². The predicted molar refractivity (Wildman–Crippen MR) is 158 cm³/mol. The van der Waals surface area contributed by atoms with E-state index in [4.69, 9.17) is 0 Å². The Balaban J connectivity index is 0.000000187. The van der Waals surface area contributed by atoms with Gasteiger partial charge in [0.25, 0.3) is 0 Å². The Labute approximate surface area is 231 Å². The van der Waals surface area contributed by atoms with Gasteiger partial charge in [0.15, 0.2) is 11.9 Å². The summed E-state index contributed by atoms with van der Waals surface area (Å²) in [5.41, 5.74) is 7.55. The van der Waals surface area contributed by atoms with Crippen molar-refractivity contribution in [3.05, 3.63) is 77.6 Å². The fourth-order valence-electron chi connectivity index (χ4n) is 4.68. The third-order valence-electron chi connectivity index (χ3n) is 7.43. The molecule has 0 radical (unpaired) electrons. The lowest BCUT2D eigenvalue weighted by atomic mass is 9.87. The summed E-state index contributed by atoms with van der Waals surface area (Å²) in [7, 11) is 2.18. The third kappa shape index (κ3) is 6.28. The fraction of sp³-hybridized carbons (Fsp3) is 0.419. The largest absolute Gasteiger partial charge is 0.367 e. The number of H-pyrrole nitrogens is 1. The van der Waals surface area contributed by atoms with Crippen LogP contribution in [-0.4, -0.2) is 72.9 Å². The molecule has 1 N–H and O–H groups in total. The highest BCUT2D eigenvalue weighted by atomic mass is 16.1. The zero-order chi connectivity index (χ0) is 28.5. The Morgan fingerprint density at radius 3 is 2.38 bits per heavy atom. The number of hydrogen-bond acceptors (Lipinski definition) is 6. The van der Waals surface area contributed by atoms with E-state index in [0.717, 1.165) is 65.6 Å². The van der Waals surface area contributed by atoms with Crippen LogP contribution in [0, 0.1) is 13.8 Å². The molecule has 8 nitrogen and oxygen atoms in total. The second-order valence-corrected chi connectivity index (χ2v) is 12.1. The van der Waals surface area contributed by atoms with Gasteiger partial charge in [-0.1, -0.05) is 57.2 Å². The number of hydrogen-bond donors (Lipinski definition) is 1. The Bertz CT molecular complexity index is 1470. The van der Waals surface area contributed by atoms with Gasteiger partial charge in [-0.2, -0.15) is 5.10 Å². The molecule has 206 valence electrons. The first-order valence-electron chi connectivity index (χ1n) is 13.4.